The summed E-state index contributed by atoms with van der Waals surface area (Å²) in [6, 6.07) is 14.1. The molecule has 0 aliphatic heterocycles. The number of methoxy groups -OCH3 is 2. The summed E-state index contributed by atoms with van der Waals surface area (Å²) in [5, 5.41) is 4.73. The number of aromatic nitrogens is 3. The minimum Gasteiger partial charge on any atom is -0.493 e. The SMILES string of the molecule is COc1cc(C)c(CN(C)Cn2nc(-c3ccccc3)n(C)c2=S)cc1OC. The molecule has 0 fully saturated rings. The Morgan fingerprint density at radius 3 is 2.36 bits per heavy atom. The first kappa shape index (κ1) is 20.1. The van der Waals surface area contributed by atoms with Crippen LogP contribution in [0.3, 0.4) is 0 Å². The lowest BCUT2D eigenvalue weighted by Gasteiger charge is -2.19. The molecule has 0 bridgehead atoms. The van der Waals surface area contributed by atoms with Crippen molar-refractivity contribution in [2.75, 3.05) is 21.3 Å². The number of hydrogen-bond donors (Lipinski definition) is 0. The molecule has 0 saturated carbocycles. The van der Waals surface area contributed by atoms with Crippen molar-refractivity contribution in [1.29, 1.82) is 0 Å². The van der Waals surface area contributed by atoms with Gasteiger partial charge >= 0.3 is 0 Å². The molecule has 0 radical (unpaired) electrons. The number of nitrogens with zero attached hydrogens (tertiary/aromatic N) is 4. The van der Waals surface area contributed by atoms with Crippen molar-refractivity contribution >= 4 is 12.2 Å². The number of aryl methyl sites for hydroxylation is 1. The minimum atomic E-state index is 0.591. The van der Waals surface area contributed by atoms with Crippen molar-refractivity contribution in [3.05, 3.63) is 58.4 Å². The maximum Gasteiger partial charge on any atom is 0.199 e. The summed E-state index contributed by atoms with van der Waals surface area (Å²) in [5.41, 5.74) is 3.37. The van der Waals surface area contributed by atoms with Gasteiger partial charge in [0.25, 0.3) is 0 Å². The van der Waals surface area contributed by atoms with Crippen molar-refractivity contribution in [3.63, 3.8) is 0 Å². The maximum atomic E-state index is 5.60. The molecular weight excluding hydrogens is 372 g/mol. The Bertz CT molecular complexity index is 1010. The third-order valence-corrected chi connectivity index (χ3v) is 5.22. The Labute approximate surface area is 170 Å². The van der Waals surface area contributed by atoms with E-state index in [4.69, 9.17) is 26.8 Å². The van der Waals surface area contributed by atoms with Gasteiger partial charge in [0.1, 0.15) is 0 Å². The molecule has 148 valence electrons. The fourth-order valence-electron chi connectivity index (χ4n) is 3.18. The second-order valence-electron chi connectivity index (χ2n) is 6.82. The second-order valence-corrected chi connectivity index (χ2v) is 7.19. The van der Waals surface area contributed by atoms with E-state index in [0.717, 1.165) is 35.0 Å². The third-order valence-electron chi connectivity index (χ3n) is 4.73. The molecule has 3 aromatic rings. The van der Waals surface area contributed by atoms with Crippen LogP contribution in [0.15, 0.2) is 42.5 Å². The van der Waals surface area contributed by atoms with E-state index < -0.39 is 0 Å². The lowest BCUT2D eigenvalue weighted by molar-refractivity contribution is 0.243. The van der Waals surface area contributed by atoms with Crippen LogP contribution in [0.5, 0.6) is 11.5 Å². The van der Waals surface area contributed by atoms with Gasteiger partial charge in [-0.05, 0) is 49.4 Å². The topological polar surface area (TPSA) is 44.5 Å². The van der Waals surface area contributed by atoms with Gasteiger partial charge in [-0.2, -0.15) is 5.10 Å². The summed E-state index contributed by atoms with van der Waals surface area (Å²) in [7, 11) is 7.30. The average Bonchev–Trinajstić information content (AvgIpc) is 2.98. The Morgan fingerprint density at radius 2 is 1.71 bits per heavy atom. The zero-order chi connectivity index (χ0) is 20.3. The molecule has 28 heavy (non-hydrogen) atoms. The summed E-state index contributed by atoms with van der Waals surface area (Å²) in [5.74, 6) is 2.34. The van der Waals surface area contributed by atoms with Crippen LogP contribution in [0.2, 0.25) is 0 Å². The highest BCUT2D eigenvalue weighted by Gasteiger charge is 2.13. The van der Waals surface area contributed by atoms with E-state index >= 15 is 0 Å². The van der Waals surface area contributed by atoms with E-state index in [0.29, 0.717) is 11.4 Å². The molecule has 0 aliphatic carbocycles. The predicted molar refractivity (Wildman–Crippen MR) is 113 cm³/mol. The molecule has 0 spiro atoms. The van der Waals surface area contributed by atoms with Crippen LogP contribution in [0.1, 0.15) is 11.1 Å². The average molecular weight is 399 g/mol. The van der Waals surface area contributed by atoms with Crippen LogP contribution in [-0.4, -0.2) is 40.5 Å². The van der Waals surface area contributed by atoms with Crippen LogP contribution in [0.25, 0.3) is 11.4 Å². The van der Waals surface area contributed by atoms with E-state index in [2.05, 4.69) is 18.9 Å². The number of rotatable bonds is 7. The third kappa shape index (κ3) is 4.10. The first-order valence-corrected chi connectivity index (χ1v) is 9.44. The van der Waals surface area contributed by atoms with Gasteiger partial charge in [0.05, 0.1) is 20.9 Å². The first-order valence-electron chi connectivity index (χ1n) is 9.04. The molecule has 7 heteroatoms. The maximum absolute atomic E-state index is 5.60. The molecule has 0 atom stereocenters. The van der Waals surface area contributed by atoms with Crippen molar-refractivity contribution < 1.29 is 9.47 Å². The zero-order valence-corrected chi connectivity index (χ0v) is 17.8. The van der Waals surface area contributed by atoms with Crippen LogP contribution in [-0.2, 0) is 20.3 Å². The van der Waals surface area contributed by atoms with Crippen LogP contribution < -0.4 is 9.47 Å². The van der Waals surface area contributed by atoms with Gasteiger partial charge in [-0.15, -0.1) is 0 Å². The zero-order valence-electron chi connectivity index (χ0n) is 17.0. The normalized spacial score (nSPS) is 11.1. The smallest absolute Gasteiger partial charge is 0.199 e. The minimum absolute atomic E-state index is 0.591. The fraction of sp³-hybridized carbons (Fsp3) is 0.333. The molecule has 3 rings (SSSR count). The van der Waals surface area contributed by atoms with E-state index in [9.17, 15) is 0 Å². The highest BCUT2D eigenvalue weighted by atomic mass is 32.1. The number of hydrogen-bond acceptors (Lipinski definition) is 5. The predicted octanol–water partition coefficient (Wildman–Crippen LogP) is 4.03. The van der Waals surface area contributed by atoms with Crippen molar-refractivity contribution in [2.45, 2.75) is 20.1 Å². The Balaban J connectivity index is 1.81. The lowest BCUT2D eigenvalue weighted by atomic mass is 10.1. The van der Waals surface area contributed by atoms with Crippen molar-refractivity contribution in [1.82, 2.24) is 19.2 Å². The lowest BCUT2D eigenvalue weighted by Crippen LogP contribution is -2.23. The van der Waals surface area contributed by atoms with Gasteiger partial charge in [-0.1, -0.05) is 30.3 Å². The summed E-state index contributed by atoms with van der Waals surface area (Å²) in [4.78, 5) is 2.17. The van der Waals surface area contributed by atoms with Gasteiger partial charge in [-0.3, -0.25) is 4.90 Å². The fourth-order valence-corrected chi connectivity index (χ4v) is 3.37. The molecule has 1 aromatic heterocycles. The number of benzene rings is 2. The first-order chi connectivity index (χ1) is 13.4. The summed E-state index contributed by atoms with van der Waals surface area (Å²) in [6.07, 6.45) is 0. The van der Waals surface area contributed by atoms with E-state index in [-0.39, 0.29) is 0 Å². The van der Waals surface area contributed by atoms with Crippen LogP contribution in [0.4, 0.5) is 0 Å². The molecule has 0 unspecified atom stereocenters. The van der Waals surface area contributed by atoms with Gasteiger partial charge in [0.15, 0.2) is 22.1 Å². The van der Waals surface area contributed by atoms with Crippen molar-refractivity contribution in [2.24, 2.45) is 7.05 Å². The van der Waals surface area contributed by atoms with E-state index in [1.807, 2.05) is 58.8 Å². The molecule has 0 amide bonds. The van der Waals surface area contributed by atoms with Crippen LogP contribution in [0, 0.1) is 11.7 Å². The van der Waals surface area contributed by atoms with E-state index in [1.54, 1.807) is 14.2 Å². The molecule has 0 N–H and O–H groups in total. The molecule has 0 aliphatic rings. The van der Waals surface area contributed by atoms with Gasteiger partial charge < -0.3 is 14.0 Å². The van der Waals surface area contributed by atoms with E-state index in [1.165, 1.54) is 5.56 Å². The Kier molecular flexibility index (Phi) is 6.16. The van der Waals surface area contributed by atoms with Crippen LogP contribution >= 0.6 is 12.2 Å². The van der Waals surface area contributed by atoms with Gasteiger partial charge in [-0.25, -0.2) is 4.68 Å². The standard InChI is InChI=1S/C21H26N4O2S/c1-15-11-18(26-4)19(27-5)12-17(15)13-23(2)14-25-21(28)24(3)20(22-25)16-9-7-6-8-10-16/h6-12H,13-14H2,1-5H3. The van der Waals surface area contributed by atoms with Gasteiger partial charge in [0.2, 0.25) is 0 Å². The largest absolute Gasteiger partial charge is 0.493 e. The Hall–Kier alpha value is -2.64. The molecule has 2 aromatic carbocycles. The Morgan fingerprint density at radius 1 is 1.07 bits per heavy atom. The molecule has 0 saturated heterocycles. The van der Waals surface area contributed by atoms with Gasteiger partial charge in [0, 0.05) is 19.2 Å². The summed E-state index contributed by atoms with van der Waals surface area (Å²) >= 11 is 5.60. The molecule has 6 nitrogen and oxygen atoms in total. The van der Waals surface area contributed by atoms with Crippen molar-refractivity contribution in [3.8, 4) is 22.9 Å². The molecular formula is C21H26N4O2S. The second kappa shape index (κ2) is 8.58. The quantitative estimate of drug-likeness (QED) is 0.562. The highest BCUT2D eigenvalue weighted by molar-refractivity contribution is 7.71. The highest BCUT2D eigenvalue weighted by Crippen LogP contribution is 2.30. The monoisotopic (exact) mass is 398 g/mol. The summed E-state index contributed by atoms with van der Waals surface area (Å²) < 4.78 is 15.3. The summed E-state index contributed by atoms with van der Waals surface area (Å²) in [6.45, 7) is 3.41. The molecule has 1 heterocycles. The number of ether oxygens (including phenoxy) is 2.